The number of halogens is 2. The summed E-state index contributed by atoms with van der Waals surface area (Å²) in [6.45, 7) is 5.38. The second-order valence-electron chi connectivity index (χ2n) is 9.67. The van der Waals surface area contributed by atoms with Gasteiger partial charge in [0.15, 0.2) is 0 Å². The van der Waals surface area contributed by atoms with Gasteiger partial charge in [-0.15, -0.1) is 0 Å². The van der Waals surface area contributed by atoms with Crippen molar-refractivity contribution in [2.24, 2.45) is 0 Å². The maximum Gasteiger partial charge on any atom is 0.341 e. The van der Waals surface area contributed by atoms with Gasteiger partial charge in [-0.05, 0) is 57.9 Å². The lowest BCUT2D eigenvalue weighted by atomic mass is 9.96. The SMILES string of the molecule is CC(C)(C)OC(=O)c1c(-c2ccc(Cl)c(S(=O)(=O)NC3CCCCC3)c2)[nH]c2cc(Cl)ccc12. The molecular weight excluding hydrogens is 495 g/mol. The lowest BCUT2D eigenvalue weighted by molar-refractivity contribution is 0.00728. The van der Waals surface area contributed by atoms with E-state index in [1.165, 1.54) is 12.1 Å². The normalized spacial score (nSPS) is 15.6. The van der Waals surface area contributed by atoms with Gasteiger partial charge in [0.25, 0.3) is 0 Å². The van der Waals surface area contributed by atoms with Crippen molar-refractivity contribution in [2.75, 3.05) is 0 Å². The second-order valence-corrected chi connectivity index (χ2v) is 12.2. The molecule has 0 atom stereocenters. The third-order valence-electron chi connectivity index (χ3n) is 5.80. The summed E-state index contributed by atoms with van der Waals surface area (Å²) >= 11 is 12.5. The molecule has 6 nitrogen and oxygen atoms in total. The van der Waals surface area contributed by atoms with Gasteiger partial charge in [-0.2, -0.15) is 0 Å². The molecule has 0 aliphatic heterocycles. The Kier molecular flexibility index (Phi) is 7.02. The molecule has 0 radical (unpaired) electrons. The predicted octanol–water partition coefficient (Wildman–Crippen LogP) is 6.71. The molecule has 9 heteroatoms. The Hall–Kier alpha value is -2.06. The quantitative estimate of drug-likeness (QED) is 0.364. The number of carbonyl (C=O) groups excluding carboxylic acids is 1. The molecular formula is C25H28Cl2N2O4S. The van der Waals surface area contributed by atoms with Crippen LogP contribution in [0.5, 0.6) is 0 Å². The molecule has 2 aromatic carbocycles. The van der Waals surface area contributed by atoms with Gasteiger partial charge >= 0.3 is 5.97 Å². The second kappa shape index (κ2) is 9.53. The minimum atomic E-state index is -3.85. The minimum absolute atomic E-state index is 0.0240. The standard InChI is InChI=1S/C25H28Cl2N2O4S/c1-25(2,3)33-24(30)22-18-11-10-16(26)14-20(18)28-23(22)15-9-12-19(27)21(13-15)34(31,32)29-17-7-5-4-6-8-17/h9-14,17,28-29H,4-8H2,1-3H3. The van der Waals surface area contributed by atoms with Crippen LogP contribution in [-0.4, -0.2) is 31.0 Å². The van der Waals surface area contributed by atoms with Crippen molar-refractivity contribution >= 4 is 50.1 Å². The number of sulfonamides is 1. The Bertz CT molecular complexity index is 1340. The molecule has 1 saturated carbocycles. The van der Waals surface area contributed by atoms with Crippen LogP contribution in [0.4, 0.5) is 0 Å². The number of esters is 1. The van der Waals surface area contributed by atoms with E-state index in [1.807, 2.05) is 0 Å². The summed E-state index contributed by atoms with van der Waals surface area (Å²) in [6.07, 6.45) is 4.73. The van der Waals surface area contributed by atoms with E-state index in [0.717, 1.165) is 32.1 Å². The number of benzene rings is 2. The first-order valence-corrected chi connectivity index (χ1v) is 13.6. The van der Waals surface area contributed by atoms with E-state index in [-0.39, 0.29) is 16.0 Å². The van der Waals surface area contributed by atoms with Gasteiger partial charge in [-0.3, -0.25) is 0 Å². The van der Waals surface area contributed by atoms with Crippen molar-refractivity contribution < 1.29 is 17.9 Å². The highest BCUT2D eigenvalue weighted by molar-refractivity contribution is 7.89. The first kappa shape index (κ1) is 25.0. The van der Waals surface area contributed by atoms with E-state index in [9.17, 15) is 13.2 Å². The third-order valence-corrected chi connectivity index (χ3v) is 8.04. The fourth-order valence-corrected chi connectivity index (χ4v) is 6.30. The maximum atomic E-state index is 13.2. The van der Waals surface area contributed by atoms with Crippen LogP contribution in [0.3, 0.4) is 0 Å². The smallest absolute Gasteiger partial charge is 0.341 e. The first-order valence-electron chi connectivity index (χ1n) is 11.3. The van der Waals surface area contributed by atoms with E-state index < -0.39 is 21.6 Å². The van der Waals surface area contributed by atoms with Crippen LogP contribution in [0, 0.1) is 0 Å². The molecule has 34 heavy (non-hydrogen) atoms. The molecule has 0 bridgehead atoms. The highest BCUT2D eigenvalue weighted by Gasteiger charge is 2.28. The van der Waals surface area contributed by atoms with Crippen molar-refractivity contribution in [1.82, 2.24) is 9.71 Å². The predicted molar refractivity (Wildman–Crippen MR) is 136 cm³/mol. The number of nitrogens with one attached hydrogen (secondary N) is 2. The number of rotatable bonds is 5. The van der Waals surface area contributed by atoms with Crippen molar-refractivity contribution in [3.63, 3.8) is 0 Å². The zero-order chi connectivity index (χ0) is 24.7. The molecule has 1 aromatic heterocycles. The molecule has 182 valence electrons. The number of aromatic nitrogens is 1. The van der Waals surface area contributed by atoms with Gasteiger partial charge in [0.05, 0.1) is 16.3 Å². The maximum absolute atomic E-state index is 13.2. The summed E-state index contributed by atoms with van der Waals surface area (Å²) < 4.78 is 34.9. The number of hydrogen-bond donors (Lipinski definition) is 2. The Morgan fingerprint density at radius 3 is 2.44 bits per heavy atom. The van der Waals surface area contributed by atoms with E-state index in [2.05, 4.69) is 9.71 Å². The van der Waals surface area contributed by atoms with Gasteiger partial charge in [-0.1, -0.05) is 54.6 Å². The highest BCUT2D eigenvalue weighted by Crippen LogP contribution is 2.36. The summed E-state index contributed by atoms with van der Waals surface area (Å²) in [4.78, 5) is 16.4. The fraction of sp³-hybridized carbons (Fsp3) is 0.400. The number of H-pyrrole nitrogens is 1. The van der Waals surface area contributed by atoms with Crippen molar-refractivity contribution in [2.45, 2.75) is 69.4 Å². The Morgan fingerprint density at radius 2 is 1.76 bits per heavy atom. The Balaban J connectivity index is 1.81. The van der Waals surface area contributed by atoms with Crippen LogP contribution >= 0.6 is 23.2 Å². The summed E-state index contributed by atoms with van der Waals surface area (Å²) in [7, 11) is -3.85. The molecule has 3 aromatic rings. The third kappa shape index (κ3) is 5.43. The van der Waals surface area contributed by atoms with Crippen LogP contribution in [0.15, 0.2) is 41.3 Å². The van der Waals surface area contributed by atoms with Gasteiger partial charge in [0.2, 0.25) is 10.0 Å². The number of fused-ring (bicyclic) bond motifs is 1. The van der Waals surface area contributed by atoms with Crippen LogP contribution in [0.25, 0.3) is 22.2 Å². The Labute approximate surface area is 210 Å². The van der Waals surface area contributed by atoms with E-state index in [0.29, 0.717) is 32.7 Å². The highest BCUT2D eigenvalue weighted by atomic mass is 35.5. The van der Waals surface area contributed by atoms with Gasteiger partial charge in [0, 0.05) is 27.5 Å². The van der Waals surface area contributed by atoms with Crippen LogP contribution in [0.2, 0.25) is 10.0 Å². The van der Waals surface area contributed by atoms with E-state index in [4.69, 9.17) is 27.9 Å². The first-order chi connectivity index (χ1) is 15.9. The van der Waals surface area contributed by atoms with E-state index in [1.54, 1.807) is 45.0 Å². The summed E-state index contributed by atoms with van der Waals surface area (Å²) in [5.74, 6) is -0.518. The van der Waals surface area contributed by atoms with Crippen molar-refractivity contribution in [1.29, 1.82) is 0 Å². The number of aromatic amines is 1. The summed E-state index contributed by atoms with van der Waals surface area (Å²) in [5.41, 5.74) is 1.19. The average Bonchev–Trinajstić information content (AvgIpc) is 3.11. The molecule has 0 saturated heterocycles. The molecule has 1 aliphatic carbocycles. The van der Waals surface area contributed by atoms with Gasteiger partial charge < -0.3 is 9.72 Å². The molecule has 1 heterocycles. The van der Waals surface area contributed by atoms with Crippen molar-refractivity contribution in [3.05, 3.63) is 52.0 Å². The van der Waals surface area contributed by atoms with Crippen LogP contribution in [-0.2, 0) is 14.8 Å². The zero-order valence-electron chi connectivity index (χ0n) is 19.4. The fourth-order valence-electron chi connectivity index (χ4n) is 4.30. The Morgan fingerprint density at radius 1 is 1.06 bits per heavy atom. The molecule has 0 amide bonds. The van der Waals surface area contributed by atoms with Crippen molar-refractivity contribution in [3.8, 4) is 11.3 Å². The lowest BCUT2D eigenvalue weighted by Gasteiger charge is -2.23. The van der Waals surface area contributed by atoms with Crippen LogP contribution < -0.4 is 4.72 Å². The molecule has 0 spiro atoms. The monoisotopic (exact) mass is 522 g/mol. The molecule has 4 rings (SSSR count). The number of hydrogen-bond acceptors (Lipinski definition) is 4. The van der Waals surface area contributed by atoms with Crippen LogP contribution in [0.1, 0.15) is 63.2 Å². The molecule has 1 aliphatic rings. The summed E-state index contributed by atoms with van der Waals surface area (Å²) in [6, 6.07) is 9.76. The lowest BCUT2D eigenvalue weighted by Crippen LogP contribution is -2.36. The zero-order valence-corrected chi connectivity index (χ0v) is 21.7. The minimum Gasteiger partial charge on any atom is -0.456 e. The van der Waals surface area contributed by atoms with Gasteiger partial charge in [0.1, 0.15) is 10.5 Å². The average molecular weight is 523 g/mol. The largest absolute Gasteiger partial charge is 0.456 e. The molecule has 1 fully saturated rings. The topological polar surface area (TPSA) is 88.3 Å². The number of carbonyl (C=O) groups is 1. The van der Waals surface area contributed by atoms with E-state index >= 15 is 0 Å². The van der Waals surface area contributed by atoms with Gasteiger partial charge in [-0.25, -0.2) is 17.9 Å². The molecule has 0 unspecified atom stereocenters. The number of ether oxygens (including phenoxy) is 1. The summed E-state index contributed by atoms with van der Waals surface area (Å²) in [5, 5.41) is 1.26. The molecule has 2 N–H and O–H groups in total.